The zero-order valence-corrected chi connectivity index (χ0v) is 49.4. The number of ether oxygens (including phenoxy) is 2. The highest BCUT2D eigenvalue weighted by Gasteiger charge is 2.44. The number of carbonyl (C=O) groups is 1. The molecule has 77 heavy (non-hydrogen) atoms. The average molecular weight is 1090 g/mol. The van der Waals surface area contributed by atoms with E-state index in [0.717, 1.165) is 57.8 Å². The van der Waals surface area contributed by atoms with Gasteiger partial charge in [0.25, 0.3) is 0 Å². The van der Waals surface area contributed by atoms with Crippen LogP contribution in [0.25, 0.3) is 0 Å². The molecule has 0 aromatic carbocycles. The third-order valence-electron chi connectivity index (χ3n) is 15.2. The van der Waals surface area contributed by atoms with Crippen molar-refractivity contribution in [3.63, 3.8) is 0 Å². The Balaban J connectivity index is 2.20. The molecule has 11 heteroatoms. The van der Waals surface area contributed by atoms with Gasteiger partial charge in [0.05, 0.1) is 25.4 Å². The van der Waals surface area contributed by atoms with Crippen molar-refractivity contribution in [1.29, 1.82) is 0 Å². The van der Waals surface area contributed by atoms with E-state index in [2.05, 4.69) is 79.9 Å². The smallest absolute Gasteiger partial charge is 0.249 e. The van der Waals surface area contributed by atoms with Crippen molar-refractivity contribution in [2.75, 3.05) is 13.2 Å². The Morgan fingerprint density at radius 2 is 0.818 bits per heavy atom. The van der Waals surface area contributed by atoms with E-state index in [0.29, 0.717) is 19.3 Å². The van der Waals surface area contributed by atoms with Gasteiger partial charge in [0.15, 0.2) is 6.29 Å². The minimum atomic E-state index is -1.67. The van der Waals surface area contributed by atoms with Crippen molar-refractivity contribution >= 4 is 5.91 Å². The number of hydrogen-bond acceptors (Lipinski definition) is 10. The maximum Gasteiger partial charge on any atom is 0.249 e. The predicted molar refractivity (Wildman–Crippen MR) is 321 cm³/mol. The molecule has 0 aliphatic carbocycles. The van der Waals surface area contributed by atoms with Crippen LogP contribution in [-0.2, 0) is 14.3 Å². The second-order valence-electron chi connectivity index (χ2n) is 22.5. The molecule has 9 unspecified atom stereocenters. The third kappa shape index (κ3) is 42.3. The first-order valence-electron chi connectivity index (χ1n) is 32.2. The number of aliphatic hydroxyl groups excluding tert-OH is 7. The molecule has 1 aliphatic heterocycles. The fourth-order valence-corrected chi connectivity index (χ4v) is 10.0. The van der Waals surface area contributed by atoms with Crippen LogP contribution in [-0.4, -0.2) is 110 Å². The maximum atomic E-state index is 13.2. The molecule has 1 heterocycles. The quantitative estimate of drug-likeness (QED) is 0.0215. The number of carbonyl (C=O) groups excluding carboxylic acids is 1. The summed E-state index contributed by atoms with van der Waals surface area (Å²) in [6.07, 6.45) is 60.2. The number of rotatable bonds is 55. The molecule has 0 aromatic rings. The normalized spacial score (nSPS) is 19.9. The number of nitrogens with one attached hydrogen (secondary N) is 1. The first-order chi connectivity index (χ1) is 37.7. The summed E-state index contributed by atoms with van der Waals surface area (Å²) in [7, 11) is 0. The van der Waals surface area contributed by atoms with Crippen LogP contribution in [0, 0.1) is 0 Å². The van der Waals surface area contributed by atoms with Gasteiger partial charge in [-0.1, -0.05) is 248 Å². The van der Waals surface area contributed by atoms with Crippen molar-refractivity contribution < 1.29 is 50.0 Å². The summed E-state index contributed by atoms with van der Waals surface area (Å²) in [5.41, 5.74) is 0. The number of allylic oxidation sites excluding steroid dienone is 10. The van der Waals surface area contributed by atoms with Crippen LogP contribution in [0.15, 0.2) is 60.8 Å². The highest BCUT2D eigenvalue weighted by molar-refractivity contribution is 5.80. The molecule has 1 fully saturated rings. The first kappa shape index (κ1) is 72.8. The molecule has 11 nitrogen and oxygen atoms in total. The van der Waals surface area contributed by atoms with Crippen LogP contribution in [0.4, 0.5) is 0 Å². The molecule has 0 radical (unpaired) electrons. The van der Waals surface area contributed by atoms with Gasteiger partial charge < -0.3 is 50.5 Å². The van der Waals surface area contributed by atoms with Crippen molar-refractivity contribution in [3.8, 4) is 0 Å². The van der Waals surface area contributed by atoms with Gasteiger partial charge >= 0.3 is 0 Å². The van der Waals surface area contributed by atoms with E-state index in [4.69, 9.17) is 9.47 Å². The fraction of sp³-hybridized carbons (Fsp3) is 0.833. The molecule has 0 bridgehead atoms. The van der Waals surface area contributed by atoms with E-state index in [1.54, 1.807) is 0 Å². The Labute approximate surface area is 472 Å². The SMILES string of the molecule is CCCCC/C=C/CC/C=C/CC/C=C/CCCC(O)C(O)C(COC1OC(CO)C(O)C(O)C1O)NC(=O)C(O)CCCCCCCCCCCCCCCCCC/C=C\C/C=C\CCCCCCCCCCCCC. The second kappa shape index (κ2) is 54.4. The minimum Gasteiger partial charge on any atom is -0.394 e. The Hall–Kier alpha value is -2.19. The third-order valence-corrected chi connectivity index (χ3v) is 15.2. The summed E-state index contributed by atoms with van der Waals surface area (Å²) < 4.78 is 11.1. The number of aliphatic hydroxyl groups is 7. The van der Waals surface area contributed by atoms with Crippen LogP contribution in [0.3, 0.4) is 0 Å². The van der Waals surface area contributed by atoms with Gasteiger partial charge in [-0.25, -0.2) is 0 Å². The van der Waals surface area contributed by atoms with Gasteiger partial charge in [-0.15, -0.1) is 0 Å². The molecule has 0 saturated carbocycles. The van der Waals surface area contributed by atoms with Crippen molar-refractivity contribution in [2.45, 2.75) is 339 Å². The van der Waals surface area contributed by atoms with E-state index >= 15 is 0 Å². The van der Waals surface area contributed by atoms with Crippen LogP contribution in [0.1, 0.15) is 284 Å². The molecule has 1 aliphatic rings. The van der Waals surface area contributed by atoms with Crippen LogP contribution < -0.4 is 5.32 Å². The lowest BCUT2D eigenvalue weighted by molar-refractivity contribution is -0.303. The Bertz CT molecular complexity index is 1430. The lowest BCUT2D eigenvalue weighted by Crippen LogP contribution is -2.60. The standard InChI is InChI=1S/C66H121NO10/c1-3-5-7-9-11-13-15-17-19-21-22-23-24-25-26-27-28-29-30-31-32-33-34-35-36-37-38-40-42-44-46-48-50-52-54-59(70)65(75)67-57(56-76-66-64(74)63(73)62(72)60(55-68)77-66)61(71)58(69)53-51-49-47-45-43-41-39-20-18-16-14-12-10-8-6-4-2/h12,14,20,24-25,27-28,39,45,47,57-64,66,68-74H,3-11,13,15-19,21-23,26,29-38,40-44,46,48-56H2,1-2H3,(H,67,75)/b14-12+,25-24-,28-27-,39-20+,47-45+. The van der Waals surface area contributed by atoms with Gasteiger partial charge in [0.1, 0.15) is 36.6 Å². The lowest BCUT2D eigenvalue weighted by atomic mass is 9.98. The lowest BCUT2D eigenvalue weighted by Gasteiger charge is -2.40. The van der Waals surface area contributed by atoms with Gasteiger partial charge in [0.2, 0.25) is 5.91 Å². The number of unbranched alkanes of at least 4 members (excludes halogenated alkanes) is 33. The molecular weight excluding hydrogens is 967 g/mol. The zero-order chi connectivity index (χ0) is 56.1. The minimum absolute atomic E-state index is 0.240. The van der Waals surface area contributed by atoms with Gasteiger partial charge in [-0.2, -0.15) is 0 Å². The number of amides is 1. The van der Waals surface area contributed by atoms with Gasteiger partial charge in [0, 0.05) is 0 Å². The molecule has 0 aromatic heterocycles. The molecule has 0 spiro atoms. The first-order valence-corrected chi connectivity index (χ1v) is 32.2. The second-order valence-corrected chi connectivity index (χ2v) is 22.5. The molecule has 450 valence electrons. The van der Waals surface area contributed by atoms with Crippen LogP contribution in [0.5, 0.6) is 0 Å². The predicted octanol–water partition coefficient (Wildman–Crippen LogP) is 14.6. The van der Waals surface area contributed by atoms with Crippen molar-refractivity contribution in [2.24, 2.45) is 0 Å². The van der Waals surface area contributed by atoms with Crippen molar-refractivity contribution in [3.05, 3.63) is 60.8 Å². The Morgan fingerprint density at radius 3 is 1.26 bits per heavy atom. The van der Waals surface area contributed by atoms with Gasteiger partial charge in [-0.3, -0.25) is 4.79 Å². The fourth-order valence-electron chi connectivity index (χ4n) is 10.0. The molecule has 1 saturated heterocycles. The monoisotopic (exact) mass is 1090 g/mol. The summed E-state index contributed by atoms with van der Waals surface area (Å²) in [5, 5.41) is 76.2. The molecule has 1 rings (SSSR count). The van der Waals surface area contributed by atoms with Crippen LogP contribution in [0.2, 0.25) is 0 Å². The maximum absolute atomic E-state index is 13.2. The zero-order valence-electron chi connectivity index (χ0n) is 49.4. The van der Waals surface area contributed by atoms with Crippen LogP contribution >= 0.6 is 0 Å². The average Bonchev–Trinajstić information content (AvgIpc) is 3.43. The summed E-state index contributed by atoms with van der Waals surface area (Å²) in [5.74, 6) is -0.712. The molecule has 8 N–H and O–H groups in total. The Kier molecular flexibility index (Phi) is 51.4. The van der Waals surface area contributed by atoms with E-state index in [1.807, 2.05) is 0 Å². The van der Waals surface area contributed by atoms with Gasteiger partial charge in [-0.05, 0) is 96.3 Å². The highest BCUT2D eigenvalue weighted by atomic mass is 16.7. The molecule has 9 atom stereocenters. The molecular formula is C66H121NO10. The molecule has 1 amide bonds. The van der Waals surface area contributed by atoms with E-state index in [-0.39, 0.29) is 12.8 Å². The summed E-state index contributed by atoms with van der Waals surface area (Å²) in [4.78, 5) is 13.2. The van der Waals surface area contributed by atoms with Crippen molar-refractivity contribution in [1.82, 2.24) is 5.32 Å². The largest absolute Gasteiger partial charge is 0.394 e. The summed E-state index contributed by atoms with van der Waals surface area (Å²) in [6, 6.07) is -1.20. The topological polar surface area (TPSA) is 189 Å². The Morgan fingerprint density at radius 1 is 0.455 bits per heavy atom. The highest BCUT2D eigenvalue weighted by Crippen LogP contribution is 2.23. The summed E-state index contributed by atoms with van der Waals surface area (Å²) >= 11 is 0. The van der Waals surface area contributed by atoms with E-state index in [1.165, 1.54) is 180 Å². The summed E-state index contributed by atoms with van der Waals surface area (Å²) in [6.45, 7) is 3.42. The number of hydrogen-bond donors (Lipinski definition) is 8. The van der Waals surface area contributed by atoms with E-state index < -0.39 is 74.2 Å². The van der Waals surface area contributed by atoms with E-state index in [9.17, 15) is 40.5 Å².